The van der Waals surface area contributed by atoms with Crippen LogP contribution in [0.15, 0.2) is 12.4 Å². The van der Waals surface area contributed by atoms with Crippen LogP contribution >= 0.6 is 11.3 Å². The Hall–Kier alpha value is -1.95. The number of fused-ring (bicyclic) bond motifs is 1. The highest BCUT2D eigenvalue weighted by Crippen LogP contribution is 2.30. The maximum atomic E-state index is 4.62. The summed E-state index contributed by atoms with van der Waals surface area (Å²) >= 11 is 1.72. The van der Waals surface area contributed by atoms with Gasteiger partial charge in [-0.05, 0) is 26.3 Å². The van der Waals surface area contributed by atoms with E-state index in [1.807, 2.05) is 24.9 Å². The van der Waals surface area contributed by atoms with Crippen LogP contribution in [-0.2, 0) is 6.42 Å². The number of nitrogens with zero attached hydrogens (tertiary/aromatic N) is 4. The maximum absolute atomic E-state index is 4.62. The normalized spacial score (nSPS) is 11.2. The molecule has 3 rings (SSSR count). The third-order valence-corrected chi connectivity index (χ3v) is 4.65. The molecule has 20 heavy (non-hydrogen) atoms. The van der Waals surface area contributed by atoms with E-state index in [1.54, 1.807) is 11.3 Å². The lowest BCUT2D eigenvalue weighted by Gasteiger charge is -2.08. The van der Waals surface area contributed by atoms with Gasteiger partial charge in [-0.25, -0.2) is 9.97 Å². The van der Waals surface area contributed by atoms with Gasteiger partial charge >= 0.3 is 0 Å². The van der Waals surface area contributed by atoms with Crippen LogP contribution < -0.4 is 5.32 Å². The Morgan fingerprint density at radius 1 is 1.30 bits per heavy atom. The molecule has 0 saturated heterocycles. The first-order valence-electron chi connectivity index (χ1n) is 6.63. The molecule has 0 aromatic carbocycles. The van der Waals surface area contributed by atoms with E-state index >= 15 is 0 Å². The summed E-state index contributed by atoms with van der Waals surface area (Å²) in [5, 5.41) is 4.12. The minimum atomic E-state index is 0.641. The molecule has 0 amide bonds. The van der Waals surface area contributed by atoms with Crippen LogP contribution in [-0.4, -0.2) is 26.6 Å². The van der Waals surface area contributed by atoms with Gasteiger partial charge in [-0.2, -0.15) is 4.98 Å². The molecule has 3 aromatic heterocycles. The molecular weight excluding hydrogens is 270 g/mol. The summed E-state index contributed by atoms with van der Waals surface area (Å²) in [5.41, 5.74) is 2.13. The number of aromatic nitrogens is 4. The smallest absolute Gasteiger partial charge is 0.225 e. The van der Waals surface area contributed by atoms with Crippen molar-refractivity contribution >= 4 is 27.5 Å². The molecule has 0 atom stereocenters. The number of nitrogens with one attached hydrogen (secondary N) is 1. The molecule has 0 unspecified atom stereocenters. The van der Waals surface area contributed by atoms with Gasteiger partial charge in [0.25, 0.3) is 0 Å². The van der Waals surface area contributed by atoms with E-state index < -0.39 is 0 Å². The van der Waals surface area contributed by atoms with Crippen molar-refractivity contribution < 1.29 is 0 Å². The first-order valence-corrected chi connectivity index (χ1v) is 7.44. The van der Waals surface area contributed by atoms with Gasteiger partial charge in [0, 0.05) is 17.6 Å². The molecule has 0 fully saturated rings. The number of anilines is 1. The highest BCUT2D eigenvalue weighted by atomic mass is 32.1. The van der Waals surface area contributed by atoms with Gasteiger partial charge in [0.15, 0.2) is 5.82 Å². The van der Waals surface area contributed by atoms with Gasteiger partial charge < -0.3 is 5.32 Å². The van der Waals surface area contributed by atoms with Gasteiger partial charge in [0.1, 0.15) is 11.2 Å². The Morgan fingerprint density at radius 3 is 2.70 bits per heavy atom. The molecular formula is C14H17N5S. The summed E-state index contributed by atoms with van der Waals surface area (Å²) < 4.78 is 2.03. The molecule has 0 bridgehead atoms. The summed E-state index contributed by atoms with van der Waals surface area (Å²) in [6, 6.07) is 2.18. The van der Waals surface area contributed by atoms with E-state index in [1.165, 1.54) is 4.88 Å². The molecule has 0 aliphatic rings. The van der Waals surface area contributed by atoms with Crippen molar-refractivity contribution in [3.63, 3.8) is 0 Å². The van der Waals surface area contributed by atoms with Crippen molar-refractivity contribution in [2.45, 2.75) is 27.2 Å². The molecule has 0 radical (unpaired) electrons. The van der Waals surface area contributed by atoms with Crippen molar-refractivity contribution in [2.75, 3.05) is 12.4 Å². The topological polar surface area (TPSA) is 55.6 Å². The number of hydrogen-bond acceptors (Lipinski definition) is 5. The molecule has 6 heteroatoms. The number of imidazole rings is 1. The fourth-order valence-corrected chi connectivity index (χ4v) is 3.10. The number of aryl methyl sites for hydroxylation is 2. The lowest BCUT2D eigenvalue weighted by Crippen LogP contribution is -2.04. The van der Waals surface area contributed by atoms with E-state index in [0.717, 1.165) is 33.8 Å². The van der Waals surface area contributed by atoms with Crippen LogP contribution in [0.3, 0.4) is 0 Å². The van der Waals surface area contributed by atoms with Gasteiger partial charge in [-0.15, -0.1) is 11.3 Å². The maximum Gasteiger partial charge on any atom is 0.225 e. The van der Waals surface area contributed by atoms with Crippen molar-refractivity contribution in [3.05, 3.63) is 28.7 Å². The summed E-state index contributed by atoms with van der Waals surface area (Å²) in [7, 11) is 1.84. The largest absolute Gasteiger partial charge is 0.357 e. The first-order chi connectivity index (χ1) is 9.63. The standard InChI is InChI=1S/C14H17N5S/c1-5-10-6-11-12(19-7-16-8(2)9(19)3)17-14(15-4)18-13(11)20-10/h6-7H,5H2,1-4H3,(H,15,17,18). The van der Waals surface area contributed by atoms with Crippen LogP contribution in [0.2, 0.25) is 0 Å². The lowest BCUT2D eigenvalue weighted by molar-refractivity contribution is 0.955. The molecule has 3 heterocycles. The average molecular weight is 287 g/mol. The summed E-state index contributed by atoms with van der Waals surface area (Å²) in [4.78, 5) is 15.9. The Labute approximate surface area is 121 Å². The van der Waals surface area contributed by atoms with Crippen molar-refractivity contribution in [1.82, 2.24) is 19.5 Å². The highest BCUT2D eigenvalue weighted by Gasteiger charge is 2.14. The predicted octanol–water partition coefficient (Wildman–Crippen LogP) is 3.10. The number of thiophene rings is 1. The van der Waals surface area contributed by atoms with Crippen LogP contribution in [0.25, 0.3) is 16.0 Å². The summed E-state index contributed by atoms with van der Waals surface area (Å²) in [6.45, 7) is 6.22. The minimum Gasteiger partial charge on any atom is -0.357 e. The van der Waals surface area contributed by atoms with Gasteiger partial charge in [-0.1, -0.05) is 6.92 Å². The van der Waals surface area contributed by atoms with E-state index in [-0.39, 0.29) is 0 Å². The Morgan fingerprint density at radius 2 is 2.10 bits per heavy atom. The average Bonchev–Trinajstić information content (AvgIpc) is 3.02. The van der Waals surface area contributed by atoms with Crippen LogP contribution in [0.5, 0.6) is 0 Å². The molecule has 0 aliphatic heterocycles. The van der Waals surface area contributed by atoms with Crippen LogP contribution in [0.4, 0.5) is 5.95 Å². The lowest BCUT2D eigenvalue weighted by atomic mass is 10.3. The SMILES string of the molecule is CCc1cc2c(-n3cnc(C)c3C)nc(NC)nc2s1. The van der Waals surface area contributed by atoms with Crippen LogP contribution in [0.1, 0.15) is 23.2 Å². The molecule has 104 valence electrons. The second-order valence-corrected chi connectivity index (χ2v) is 5.81. The van der Waals surface area contributed by atoms with Gasteiger partial charge in [-0.3, -0.25) is 4.57 Å². The van der Waals surface area contributed by atoms with Crippen LogP contribution in [0, 0.1) is 13.8 Å². The number of rotatable bonds is 3. The first kappa shape index (κ1) is 13.1. The molecule has 0 aliphatic carbocycles. The van der Waals surface area contributed by atoms with Crippen molar-refractivity contribution in [2.24, 2.45) is 0 Å². The van der Waals surface area contributed by atoms with Crippen molar-refractivity contribution in [1.29, 1.82) is 0 Å². The second-order valence-electron chi connectivity index (χ2n) is 4.69. The zero-order chi connectivity index (χ0) is 14.3. The fraction of sp³-hybridized carbons (Fsp3) is 0.357. The molecule has 0 saturated carbocycles. The predicted molar refractivity (Wildman–Crippen MR) is 82.9 cm³/mol. The zero-order valence-electron chi connectivity index (χ0n) is 12.1. The Bertz CT molecular complexity index is 771. The molecule has 0 spiro atoms. The van der Waals surface area contributed by atoms with E-state index in [0.29, 0.717) is 5.95 Å². The summed E-state index contributed by atoms with van der Waals surface area (Å²) in [5.74, 6) is 1.54. The summed E-state index contributed by atoms with van der Waals surface area (Å²) in [6.07, 6.45) is 2.84. The van der Waals surface area contributed by atoms with E-state index in [4.69, 9.17) is 0 Å². The van der Waals surface area contributed by atoms with Gasteiger partial charge in [0.2, 0.25) is 5.95 Å². The fourth-order valence-electron chi connectivity index (χ4n) is 2.14. The number of hydrogen-bond donors (Lipinski definition) is 1. The third kappa shape index (κ3) is 1.96. The van der Waals surface area contributed by atoms with E-state index in [2.05, 4.69) is 40.2 Å². The highest BCUT2D eigenvalue weighted by molar-refractivity contribution is 7.18. The van der Waals surface area contributed by atoms with Gasteiger partial charge in [0.05, 0.1) is 11.1 Å². The van der Waals surface area contributed by atoms with E-state index in [9.17, 15) is 0 Å². The Balaban J connectivity index is 2.32. The molecule has 1 N–H and O–H groups in total. The third-order valence-electron chi connectivity index (χ3n) is 3.48. The second kappa shape index (κ2) is 4.86. The zero-order valence-corrected chi connectivity index (χ0v) is 12.9. The Kier molecular flexibility index (Phi) is 3.17. The van der Waals surface area contributed by atoms with Crippen molar-refractivity contribution in [3.8, 4) is 5.82 Å². The minimum absolute atomic E-state index is 0.641. The molecule has 3 aromatic rings. The quantitative estimate of drug-likeness (QED) is 0.804. The monoisotopic (exact) mass is 287 g/mol. The molecule has 5 nitrogen and oxygen atoms in total.